The molecule has 24 heavy (non-hydrogen) atoms. The second-order valence-corrected chi connectivity index (χ2v) is 6.49. The number of alkyl halides is 3. The van der Waals surface area contributed by atoms with E-state index in [4.69, 9.17) is 0 Å². The molecular formula is C17H14BrF3N2O. The van der Waals surface area contributed by atoms with Crippen molar-refractivity contribution in [3.63, 3.8) is 0 Å². The molecule has 0 aromatic heterocycles. The molecule has 2 aromatic rings. The minimum Gasteiger partial charge on any atom is -0.308 e. The van der Waals surface area contributed by atoms with Crippen LogP contribution in [0.25, 0.3) is 0 Å². The molecule has 0 radical (unpaired) electrons. The average Bonchev–Trinajstić information content (AvgIpc) is 3.31. The van der Waals surface area contributed by atoms with E-state index in [1.54, 1.807) is 0 Å². The number of benzene rings is 2. The van der Waals surface area contributed by atoms with Gasteiger partial charge in [0.25, 0.3) is 0 Å². The highest BCUT2D eigenvalue weighted by Gasteiger charge is 2.33. The van der Waals surface area contributed by atoms with Gasteiger partial charge < -0.3 is 10.6 Å². The number of nitrogens with one attached hydrogen (secondary N) is 2. The summed E-state index contributed by atoms with van der Waals surface area (Å²) in [7, 11) is 0. The summed E-state index contributed by atoms with van der Waals surface area (Å²) in [5.41, 5.74) is 1.30. The highest BCUT2D eigenvalue weighted by Crippen LogP contribution is 2.43. The van der Waals surface area contributed by atoms with Crippen LogP contribution in [-0.4, -0.2) is 6.03 Å². The van der Waals surface area contributed by atoms with Crippen molar-refractivity contribution >= 4 is 33.3 Å². The van der Waals surface area contributed by atoms with E-state index >= 15 is 0 Å². The lowest BCUT2D eigenvalue weighted by Gasteiger charge is -2.13. The Labute approximate surface area is 145 Å². The number of hydrogen-bond acceptors (Lipinski definition) is 1. The van der Waals surface area contributed by atoms with Crippen LogP contribution in [0.2, 0.25) is 0 Å². The molecule has 3 rings (SSSR count). The summed E-state index contributed by atoms with van der Waals surface area (Å²) in [6.45, 7) is 0. The number of amides is 2. The van der Waals surface area contributed by atoms with Gasteiger partial charge in [-0.15, -0.1) is 0 Å². The predicted octanol–water partition coefficient (Wildman–Crippen LogP) is 5.99. The number of hydrogen-bond donors (Lipinski definition) is 2. The highest BCUT2D eigenvalue weighted by atomic mass is 79.9. The predicted molar refractivity (Wildman–Crippen MR) is 90.2 cm³/mol. The molecule has 2 amide bonds. The summed E-state index contributed by atoms with van der Waals surface area (Å²) >= 11 is 2.89. The number of urea groups is 1. The molecule has 126 valence electrons. The van der Waals surface area contributed by atoms with E-state index in [9.17, 15) is 18.0 Å². The van der Waals surface area contributed by atoms with Crippen molar-refractivity contribution in [2.24, 2.45) is 0 Å². The molecule has 1 fully saturated rings. The second-order valence-electron chi connectivity index (χ2n) is 5.63. The Morgan fingerprint density at radius 3 is 2.42 bits per heavy atom. The molecule has 1 saturated carbocycles. The zero-order chi connectivity index (χ0) is 17.3. The first-order valence-corrected chi connectivity index (χ1v) is 8.17. The monoisotopic (exact) mass is 398 g/mol. The molecule has 0 heterocycles. The number of carbonyl (C=O) groups excluding carboxylic acids is 1. The minimum absolute atomic E-state index is 0.119. The molecule has 0 saturated heterocycles. The molecule has 1 aliphatic carbocycles. The van der Waals surface area contributed by atoms with Crippen LogP contribution in [0.15, 0.2) is 46.9 Å². The first-order valence-electron chi connectivity index (χ1n) is 7.38. The maximum absolute atomic E-state index is 12.7. The molecule has 3 nitrogen and oxygen atoms in total. The van der Waals surface area contributed by atoms with Crippen LogP contribution in [0.3, 0.4) is 0 Å². The van der Waals surface area contributed by atoms with Gasteiger partial charge in [0, 0.05) is 15.8 Å². The van der Waals surface area contributed by atoms with Crippen molar-refractivity contribution in [1.82, 2.24) is 0 Å². The summed E-state index contributed by atoms with van der Waals surface area (Å²) < 4.78 is 38.1. The van der Waals surface area contributed by atoms with Crippen LogP contribution < -0.4 is 10.6 Å². The Kier molecular flexibility index (Phi) is 4.54. The number of para-hydroxylation sites is 1. The van der Waals surface area contributed by atoms with Crippen LogP contribution in [0.5, 0.6) is 0 Å². The Bertz CT molecular complexity index is 773. The fraction of sp³-hybridized carbons (Fsp3) is 0.235. The Morgan fingerprint density at radius 1 is 1.08 bits per heavy atom. The zero-order valence-electron chi connectivity index (χ0n) is 12.5. The number of anilines is 2. The molecular weight excluding hydrogens is 385 g/mol. The van der Waals surface area contributed by atoms with E-state index in [2.05, 4.69) is 26.6 Å². The van der Waals surface area contributed by atoms with Gasteiger partial charge in [-0.1, -0.05) is 34.1 Å². The largest absolute Gasteiger partial charge is 0.417 e. The molecule has 0 bridgehead atoms. The van der Waals surface area contributed by atoms with Gasteiger partial charge in [-0.05, 0) is 48.6 Å². The summed E-state index contributed by atoms with van der Waals surface area (Å²) in [6.07, 6.45) is -2.23. The molecule has 0 aliphatic heterocycles. The average molecular weight is 399 g/mol. The van der Waals surface area contributed by atoms with Crippen molar-refractivity contribution in [3.8, 4) is 0 Å². The standard InChI is InChI=1S/C17H14BrF3N2O/c18-14-9-11(7-8-13(14)17(19,20)21)22-16(24)23-15-4-2-1-3-12(15)10-5-6-10/h1-4,7-10H,5-6H2,(H2,22,23,24). The lowest BCUT2D eigenvalue weighted by atomic mass is 10.1. The Morgan fingerprint density at radius 2 is 1.79 bits per heavy atom. The summed E-state index contributed by atoms with van der Waals surface area (Å²) in [6, 6.07) is 10.4. The normalized spacial score (nSPS) is 14.3. The van der Waals surface area contributed by atoms with E-state index in [1.165, 1.54) is 12.1 Å². The van der Waals surface area contributed by atoms with E-state index in [0.717, 1.165) is 30.2 Å². The van der Waals surface area contributed by atoms with Gasteiger partial charge in [-0.2, -0.15) is 13.2 Å². The van der Waals surface area contributed by atoms with E-state index in [-0.39, 0.29) is 10.2 Å². The van der Waals surface area contributed by atoms with Gasteiger partial charge in [0.15, 0.2) is 0 Å². The molecule has 0 atom stereocenters. The fourth-order valence-electron chi connectivity index (χ4n) is 2.47. The van der Waals surface area contributed by atoms with Gasteiger partial charge in [0.05, 0.1) is 5.56 Å². The molecule has 2 aromatic carbocycles. The fourth-order valence-corrected chi connectivity index (χ4v) is 3.07. The molecule has 0 spiro atoms. The first kappa shape index (κ1) is 16.8. The smallest absolute Gasteiger partial charge is 0.308 e. The van der Waals surface area contributed by atoms with Gasteiger partial charge in [0.2, 0.25) is 0 Å². The van der Waals surface area contributed by atoms with Gasteiger partial charge in [0.1, 0.15) is 0 Å². The number of carbonyl (C=O) groups is 1. The highest BCUT2D eigenvalue weighted by molar-refractivity contribution is 9.10. The molecule has 2 N–H and O–H groups in total. The van der Waals surface area contributed by atoms with Crippen LogP contribution in [0.4, 0.5) is 29.3 Å². The van der Waals surface area contributed by atoms with E-state index in [0.29, 0.717) is 5.92 Å². The zero-order valence-corrected chi connectivity index (χ0v) is 14.0. The van der Waals surface area contributed by atoms with Gasteiger partial charge in [-0.3, -0.25) is 0 Å². The topological polar surface area (TPSA) is 41.1 Å². The van der Waals surface area contributed by atoms with Crippen molar-refractivity contribution in [2.75, 3.05) is 10.6 Å². The Balaban J connectivity index is 1.71. The lowest BCUT2D eigenvalue weighted by Crippen LogP contribution is -2.20. The summed E-state index contributed by atoms with van der Waals surface area (Å²) in [5.74, 6) is 0.474. The van der Waals surface area contributed by atoms with E-state index in [1.807, 2.05) is 24.3 Å². The van der Waals surface area contributed by atoms with Crippen LogP contribution in [0, 0.1) is 0 Å². The van der Waals surface area contributed by atoms with Gasteiger partial charge >= 0.3 is 12.2 Å². The lowest BCUT2D eigenvalue weighted by molar-refractivity contribution is -0.138. The molecule has 1 aliphatic rings. The van der Waals surface area contributed by atoms with Crippen molar-refractivity contribution in [1.29, 1.82) is 0 Å². The third kappa shape index (κ3) is 3.90. The number of halogens is 4. The SMILES string of the molecule is O=C(Nc1ccc(C(F)(F)F)c(Br)c1)Nc1ccccc1C1CC1. The van der Waals surface area contributed by atoms with Crippen molar-refractivity contribution < 1.29 is 18.0 Å². The first-order chi connectivity index (χ1) is 11.3. The second kappa shape index (κ2) is 6.47. The van der Waals surface area contributed by atoms with Crippen LogP contribution >= 0.6 is 15.9 Å². The summed E-state index contributed by atoms with van der Waals surface area (Å²) in [4.78, 5) is 12.1. The van der Waals surface area contributed by atoms with Crippen LogP contribution in [-0.2, 0) is 6.18 Å². The number of rotatable bonds is 3. The molecule has 0 unspecified atom stereocenters. The van der Waals surface area contributed by atoms with Gasteiger partial charge in [-0.25, -0.2) is 4.79 Å². The maximum atomic E-state index is 12.7. The maximum Gasteiger partial charge on any atom is 0.417 e. The minimum atomic E-state index is -4.44. The van der Waals surface area contributed by atoms with Crippen molar-refractivity contribution in [2.45, 2.75) is 24.9 Å². The quantitative estimate of drug-likeness (QED) is 0.654. The summed E-state index contributed by atoms with van der Waals surface area (Å²) in [5, 5.41) is 5.31. The third-order valence-corrected chi connectivity index (χ3v) is 4.41. The Hall–Kier alpha value is -2.02. The molecule has 7 heteroatoms. The van der Waals surface area contributed by atoms with Crippen LogP contribution in [0.1, 0.15) is 29.9 Å². The van der Waals surface area contributed by atoms with Crippen molar-refractivity contribution in [3.05, 3.63) is 58.1 Å². The third-order valence-electron chi connectivity index (χ3n) is 3.76. The van der Waals surface area contributed by atoms with E-state index < -0.39 is 17.8 Å².